The second-order valence-electron chi connectivity index (χ2n) is 8.92. The monoisotopic (exact) mass is 404 g/mol. The number of β-amino-alcohol motifs (C(OH)–C–C–N with tert-alkyl or cyclic N) is 1. The maximum Gasteiger partial charge on any atom is 0.161 e. The highest BCUT2D eigenvalue weighted by Crippen LogP contribution is 2.32. The van der Waals surface area contributed by atoms with Crippen LogP contribution in [-0.4, -0.2) is 80.7 Å². The minimum absolute atomic E-state index is 0.293. The van der Waals surface area contributed by atoms with Gasteiger partial charge in [0, 0.05) is 38.0 Å². The maximum absolute atomic E-state index is 10.4. The zero-order chi connectivity index (χ0) is 20.1. The first-order valence-electron chi connectivity index (χ1n) is 11.2. The van der Waals surface area contributed by atoms with Crippen LogP contribution >= 0.6 is 0 Å². The Morgan fingerprint density at radius 2 is 1.76 bits per heavy atom. The number of ether oxygens (including phenoxy) is 3. The van der Waals surface area contributed by atoms with Crippen LogP contribution in [0.2, 0.25) is 0 Å². The molecule has 3 aliphatic heterocycles. The van der Waals surface area contributed by atoms with Gasteiger partial charge in [0.1, 0.15) is 12.7 Å². The normalized spacial score (nSPS) is 26.8. The van der Waals surface area contributed by atoms with E-state index in [1.807, 2.05) is 6.07 Å². The van der Waals surface area contributed by atoms with Crippen LogP contribution in [0.15, 0.2) is 18.2 Å². The molecule has 6 nitrogen and oxygen atoms in total. The summed E-state index contributed by atoms with van der Waals surface area (Å²) in [5.74, 6) is 2.85. The number of nitrogens with zero attached hydrogens (tertiary/aromatic N) is 2. The number of benzene rings is 1. The summed E-state index contributed by atoms with van der Waals surface area (Å²) in [6, 6.07) is 6.16. The molecule has 0 amide bonds. The lowest BCUT2D eigenvalue weighted by Crippen LogP contribution is -2.36. The molecule has 162 valence electrons. The van der Waals surface area contributed by atoms with Crippen molar-refractivity contribution in [3.8, 4) is 11.5 Å². The summed E-state index contributed by atoms with van der Waals surface area (Å²) in [5, 5.41) is 10.4. The molecule has 0 bridgehead atoms. The molecule has 29 heavy (non-hydrogen) atoms. The van der Waals surface area contributed by atoms with Crippen molar-refractivity contribution in [2.45, 2.75) is 38.3 Å². The number of aliphatic hydroxyl groups excluding tert-OH is 1. The van der Waals surface area contributed by atoms with E-state index in [0.29, 0.717) is 30.7 Å². The van der Waals surface area contributed by atoms with Gasteiger partial charge in [-0.25, -0.2) is 0 Å². The molecule has 0 radical (unpaired) electrons. The SMILES string of the molecule is COc1cc(CN2C[C@H]3COC[C@H]3C2)ccc1OCC(O)CN1CCCCCC1. The Bertz CT molecular complexity index is 636. The van der Waals surface area contributed by atoms with Crippen molar-refractivity contribution < 1.29 is 19.3 Å². The summed E-state index contributed by atoms with van der Waals surface area (Å²) in [4.78, 5) is 4.87. The van der Waals surface area contributed by atoms with Crippen LogP contribution in [0.25, 0.3) is 0 Å². The first kappa shape index (κ1) is 20.9. The van der Waals surface area contributed by atoms with Gasteiger partial charge in [-0.05, 0) is 43.6 Å². The Morgan fingerprint density at radius 3 is 2.45 bits per heavy atom. The molecule has 0 aliphatic carbocycles. The van der Waals surface area contributed by atoms with Crippen molar-refractivity contribution in [2.24, 2.45) is 11.8 Å². The summed E-state index contributed by atoms with van der Waals surface area (Å²) in [7, 11) is 1.68. The van der Waals surface area contributed by atoms with Crippen molar-refractivity contribution in [1.29, 1.82) is 0 Å². The predicted molar refractivity (Wildman–Crippen MR) is 112 cm³/mol. The molecule has 0 saturated carbocycles. The standard InChI is InChI=1S/C23H36N2O4/c1-27-23-10-18(11-25-12-19-15-28-16-20(19)13-25)6-7-22(23)29-17-21(26)14-24-8-4-2-3-5-9-24/h6-7,10,19-21,26H,2-5,8-9,11-17H2,1H3/t19-,20+,21?. The summed E-state index contributed by atoms with van der Waals surface area (Å²) >= 11 is 0. The van der Waals surface area contributed by atoms with Gasteiger partial charge in [-0.1, -0.05) is 18.9 Å². The molecule has 3 atom stereocenters. The number of hydrogen-bond donors (Lipinski definition) is 1. The number of rotatable bonds is 8. The first-order chi connectivity index (χ1) is 14.2. The van der Waals surface area contributed by atoms with Gasteiger partial charge in [0.2, 0.25) is 0 Å². The fourth-order valence-corrected chi connectivity index (χ4v) is 4.96. The molecule has 1 unspecified atom stereocenters. The van der Waals surface area contributed by atoms with Gasteiger partial charge in [0.15, 0.2) is 11.5 Å². The number of aliphatic hydroxyl groups is 1. The van der Waals surface area contributed by atoms with E-state index in [4.69, 9.17) is 14.2 Å². The molecule has 1 aromatic rings. The van der Waals surface area contributed by atoms with Crippen LogP contribution < -0.4 is 9.47 Å². The average molecular weight is 405 g/mol. The zero-order valence-corrected chi connectivity index (χ0v) is 17.7. The van der Waals surface area contributed by atoms with E-state index in [-0.39, 0.29) is 0 Å². The molecule has 3 fully saturated rings. The van der Waals surface area contributed by atoms with Crippen LogP contribution in [0.4, 0.5) is 0 Å². The van der Waals surface area contributed by atoms with E-state index in [0.717, 1.165) is 51.7 Å². The third-order valence-electron chi connectivity index (χ3n) is 6.55. The van der Waals surface area contributed by atoms with Crippen LogP contribution in [0.1, 0.15) is 31.2 Å². The van der Waals surface area contributed by atoms with Gasteiger partial charge in [-0.15, -0.1) is 0 Å². The van der Waals surface area contributed by atoms with E-state index in [1.165, 1.54) is 31.2 Å². The van der Waals surface area contributed by atoms with Crippen molar-refractivity contribution in [2.75, 3.05) is 59.7 Å². The van der Waals surface area contributed by atoms with Crippen LogP contribution in [0.3, 0.4) is 0 Å². The van der Waals surface area contributed by atoms with Gasteiger partial charge in [-0.2, -0.15) is 0 Å². The molecule has 0 spiro atoms. The summed E-state index contributed by atoms with van der Waals surface area (Å²) in [5.41, 5.74) is 1.24. The molecule has 4 rings (SSSR count). The number of methoxy groups -OCH3 is 1. The maximum atomic E-state index is 10.4. The van der Waals surface area contributed by atoms with Gasteiger partial charge in [0.25, 0.3) is 0 Å². The van der Waals surface area contributed by atoms with Crippen LogP contribution in [-0.2, 0) is 11.3 Å². The van der Waals surface area contributed by atoms with E-state index in [2.05, 4.69) is 21.9 Å². The minimum Gasteiger partial charge on any atom is -0.493 e. The van der Waals surface area contributed by atoms with Crippen molar-refractivity contribution in [3.63, 3.8) is 0 Å². The molecule has 3 saturated heterocycles. The van der Waals surface area contributed by atoms with Crippen molar-refractivity contribution in [3.05, 3.63) is 23.8 Å². The lowest BCUT2D eigenvalue weighted by Gasteiger charge is -2.23. The fourth-order valence-electron chi connectivity index (χ4n) is 4.96. The molecular formula is C23H36N2O4. The highest BCUT2D eigenvalue weighted by atomic mass is 16.5. The summed E-state index contributed by atoms with van der Waals surface area (Å²) in [6.45, 7) is 8.14. The molecular weight excluding hydrogens is 368 g/mol. The molecule has 0 aromatic heterocycles. The Balaban J connectivity index is 1.27. The van der Waals surface area contributed by atoms with Crippen LogP contribution in [0.5, 0.6) is 11.5 Å². The van der Waals surface area contributed by atoms with E-state index in [9.17, 15) is 5.11 Å². The second-order valence-corrected chi connectivity index (χ2v) is 8.92. The first-order valence-corrected chi connectivity index (χ1v) is 11.2. The fraction of sp³-hybridized carbons (Fsp3) is 0.739. The predicted octanol–water partition coefficient (Wildman–Crippen LogP) is 2.39. The number of fused-ring (bicyclic) bond motifs is 1. The van der Waals surface area contributed by atoms with Gasteiger partial charge in [0.05, 0.1) is 20.3 Å². The van der Waals surface area contributed by atoms with Gasteiger partial charge >= 0.3 is 0 Å². The Hall–Kier alpha value is -1.34. The third-order valence-corrected chi connectivity index (χ3v) is 6.55. The lowest BCUT2D eigenvalue weighted by atomic mass is 10.0. The number of likely N-dealkylation sites (tertiary alicyclic amines) is 2. The lowest BCUT2D eigenvalue weighted by molar-refractivity contribution is 0.0683. The Labute approximate surface area is 174 Å². The molecule has 3 heterocycles. The zero-order valence-electron chi connectivity index (χ0n) is 17.7. The molecule has 3 aliphatic rings. The summed E-state index contributed by atoms with van der Waals surface area (Å²) in [6.07, 6.45) is 4.59. The van der Waals surface area contributed by atoms with E-state index in [1.54, 1.807) is 7.11 Å². The molecule has 6 heteroatoms. The van der Waals surface area contributed by atoms with Crippen molar-refractivity contribution in [1.82, 2.24) is 9.80 Å². The third kappa shape index (κ3) is 5.63. The highest BCUT2D eigenvalue weighted by Gasteiger charge is 2.36. The minimum atomic E-state index is -0.483. The highest BCUT2D eigenvalue weighted by molar-refractivity contribution is 5.43. The van der Waals surface area contributed by atoms with Crippen molar-refractivity contribution >= 4 is 0 Å². The van der Waals surface area contributed by atoms with Crippen LogP contribution in [0, 0.1) is 11.8 Å². The van der Waals surface area contributed by atoms with Gasteiger partial charge < -0.3 is 24.2 Å². The molecule has 1 N–H and O–H groups in total. The second kappa shape index (κ2) is 10.1. The largest absolute Gasteiger partial charge is 0.493 e. The number of hydrogen-bond acceptors (Lipinski definition) is 6. The average Bonchev–Trinajstić information content (AvgIpc) is 3.21. The quantitative estimate of drug-likeness (QED) is 0.718. The Kier molecular flexibility index (Phi) is 7.29. The molecule has 1 aromatic carbocycles. The summed E-state index contributed by atoms with van der Waals surface area (Å²) < 4.78 is 17.1. The Morgan fingerprint density at radius 1 is 1.03 bits per heavy atom. The smallest absolute Gasteiger partial charge is 0.161 e. The van der Waals surface area contributed by atoms with E-state index < -0.39 is 6.10 Å². The van der Waals surface area contributed by atoms with Gasteiger partial charge in [-0.3, -0.25) is 4.90 Å². The van der Waals surface area contributed by atoms with E-state index >= 15 is 0 Å². The topological polar surface area (TPSA) is 54.4 Å².